The number of hydrogen-bond donors (Lipinski definition) is 3. The molecule has 2 fully saturated rings. The molecule has 3 heterocycles. The zero-order valence-electron chi connectivity index (χ0n) is 14.7. The lowest BCUT2D eigenvalue weighted by molar-refractivity contribution is 0.0945. The van der Waals surface area contributed by atoms with E-state index < -0.39 is 0 Å². The quantitative estimate of drug-likeness (QED) is 0.757. The predicted molar refractivity (Wildman–Crippen MR) is 99.6 cm³/mol. The Hall–Kier alpha value is -2.51. The van der Waals surface area contributed by atoms with Crippen LogP contribution < -0.4 is 21.1 Å². The van der Waals surface area contributed by atoms with Crippen molar-refractivity contribution in [2.45, 2.75) is 31.8 Å². The van der Waals surface area contributed by atoms with Gasteiger partial charge in [0, 0.05) is 32.2 Å². The minimum Gasteiger partial charge on any atom is -0.355 e. The monoisotopic (exact) mass is 352 g/mol. The van der Waals surface area contributed by atoms with Crippen LogP contribution in [0, 0.1) is 0 Å². The van der Waals surface area contributed by atoms with Gasteiger partial charge >= 0.3 is 0 Å². The number of nitrogens with one attached hydrogen (secondary N) is 3. The average molecular weight is 352 g/mol. The highest BCUT2D eigenvalue weighted by Crippen LogP contribution is 2.19. The molecule has 136 valence electrons. The summed E-state index contributed by atoms with van der Waals surface area (Å²) in [6, 6.07) is 12.3. The molecule has 0 aliphatic carbocycles. The van der Waals surface area contributed by atoms with Crippen LogP contribution >= 0.6 is 0 Å². The zero-order valence-corrected chi connectivity index (χ0v) is 14.7. The first-order valence-electron chi connectivity index (χ1n) is 9.24. The van der Waals surface area contributed by atoms with E-state index in [1.807, 2.05) is 6.07 Å². The Morgan fingerprint density at radius 1 is 1.12 bits per heavy atom. The molecule has 0 spiro atoms. The summed E-state index contributed by atoms with van der Waals surface area (Å²) >= 11 is 0. The summed E-state index contributed by atoms with van der Waals surface area (Å²) in [7, 11) is 0. The van der Waals surface area contributed by atoms with Crippen LogP contribution in [-0.4, -0.2) is 35.7 Å². The van der Waals surface area contributed by atoms with Gasteiger partial charge in [-0.1, -0.05) is 24.3 Å². The fraction of sp³-hybridized carbons (Fsp3) is 0.421. The molecule has 2 saturated heterocycles. The summed E-state index contributed by atoms with van der Waals surface area (Å²) in [4.78, 5) is 14.5. The van der Waals surface area contributed by atoms with Crippen molar-refractivity contribution in [2.75, 3.05) is 24.5 Å². The molecule has 7 nitrogen and oxygen atoms in total. The maximum absolute atomic E-state index is 12.3. The smallest absolute Gasteiger partial charge is 0.272 e. The number of anilines is 1. The molecule has 2 aliphatic heterocycles. The third-order valence-electron chi connectivity index (χ3n) is 4.98. The van der Waals surface area contributed by atoms with Gasteiger partial charge in [0.05, 0.1) is 0 Å². The molecule has 2 aromatic rings. The van der Waals surface area contributed by atoms with Gasteiger partial charge in [-0.2, -0.15) is 0 Å². The highest BCUT2D eigenvalue weighted by molar-refractivity contribution is 5.92. The van der Waals surface area contributed by atoms with E-state index in [-0.39, 0.29) is 5.91 Å². The topological polar surface area (TPSA) is 82.2 Å². The first-order valence-corrected chi connectivity index (χ1v) is 9.24. The van der Waals surface area contributed by atoms with Crippen LogP contribution in [0.5, 0.6) is 0 Å². The first-order chi connectivity index (χ1) is 12.8. The summed E-state index contributed by atoms with van der Waals surface area (Å²) in [6.45, 7) is 3.50. The number of nitrogens with zero attached hydrogens (tertiary/aromatic N) is 3. The molecular weight excluding hydrogens is 328 g/mol. The molecule has 0 bridgehead atoms. The Kier molecular flexibility index (Phi) is 5.08. The van der Waals surface area contributed by atoms with Gasteiger partial charge < -0.3 is 10.2 Å². The molecular formula is C19H24N6O. The van der Waals surface area contributed by atoms with E-state index in [0.717, 1.165) is 37.4 Å². The molecule has 1 aromatic heterocycles. The zero-order chi connectivity index (χ0) is 17.8. The summed E-state index contributed by atoms with van der Waals surface area (Å²) in [5.41, 5.74) is 9.07. The molecule has 1 aromatic carbocycles. The van der Waals surface area contributed by atoms with E-state index in [1.165, 1.54) is 18.4 Å². The van der Waals surface area contributed by atoms with Gasteiger partial charge in [0.15, 0.2) is 11.5 Å². The number of rotatable bonds is 5. The highest BCUT2D eigenvalue weighted by Gasteiger charge is 2.16. The standard InChI is InChI=1S/C19H24N6O/c26-19(17-7-8-18(24-23-17)25-11-1-2-12-25)20-13-14-3-5-15(6-4-14)16-9-10-21-22-16/h3-8,16,21-22H,1-2,9-13H2,(H,20,26). The lowest BCUT2D eigenvalue weighted by Crippen LogP contribution is -2.25. The molecule has 26 heavy (non-hydrogen) atoms. The van der Waals surface area contributed by atoms with Crippen LogP contribution in [0.4, 0.5) is 5.82 Å². The highest BCUT2D eigenvalue weighted by atomic mass is 16.1. The van der Waals surface area contributed by atoms with Crippen LogP contribution in [0.15, 0.2) is 36.4 Å². The minimum atomic E-state index is -0.198. The molecule has 0 saturated carbocycles. The van der Waals surface area contributed by atoms with Crippen molar-refractivity contribution in [1.29, 1.82) is 0 Å². The van der Waals surface area contributed by atoms with Gasteiger partial charge in [-0.25, -0.2) is 0 Å². The Labute approximate surface area is 153 Å². The largest absolute Gasteiger partial charge is 0.355 e. The van der Waals surface area contributed by atoms with E-state index in [1.54, 1.807) is 6.07 Å². The lowest BCUT2D eigenvalue weighted by atomic mass is 10.0. The SMILES string of the molecule is O=C(NCc1ccc(C2CCNN2)cc1)c1ccc(N2CCCC2)nn1. The molecule has 1 amide bonds. The maximum Gasteiger partial charge on any atom is 0.272 e. The third-order valence-corrected chi connectivity index (χ3v) is 4.98. The van der Waals surface area contributed by atoms with Gasteiger partial charge in [0.1, 0.15) is 0 Å². The molecule has 3 N–H and O–H groups in total. The minimum absolute atomic E-state index is 0.198. The van der Waals surface area contributed by atoms with Crippen LogP contribution in [0.2, 0.25) is 0 Å². The van der Waals surface area contributed by atoms with Crippen molar-refractivity contribution in [3.63, 3.8) is 0 Å². The van der Waals surface area contributed by atoms with Crippen molar-refractivity contribution >= 4 is 11.7 Å². The maximum atomic E-state index is 12.3. The molecule has 1 atom stereocenters. The Balaban J connectivity index is 1.31. The molecule has 2 aliphatic rings. The second kappa shape index (κ2) is 7.80. The van der Waals surface area contributed by atoms with Crippen molar-refractivity contribution in [1.82, 2.24) is 26.4 Å². The van der Waals surface area contributed by atoms with Gasteiger partial charge in [-0.15, -0.1) is 10.2 Å². The fourth-order valence-electron chi connectivity index (χ4n) is 3.44. The van der Waals surface area contributed by atoms with Crippen molar-refractivity contribution in [2.24, 2.45) is 0 Å². The summed E-state index contributed by atoms with van der Waals surface area (Å²) < 4.78 is 0. The number of benzene rings is 1. The fourth-order valence-corrected chi connectivity index (χ4v) is 3.44. The summed E-state index contributed by atoms with van der Waals surface area (Å²) in [5, 5.41) is 11.2. The number of aromatic nitrogens is 2. The van der Waals surface area contributed by atoms with Crippen LogP contribution in [0.3, 0.4) is 0 Å². The van der Waals surface area contributed by atoms with Crippen molar-refractivity contribution in [3.8, 4) is 0 Å². The summed E-state index contributed by atoms with van der Waals surface area (Å²) in [5.74, 6) is 0.654. The first kappa shape index (κ1) is 16.9. The predicted octanol–water partition coefficient (Wildman–Crippen LogP) is 1.55. The van der Waals surface area contributed by atoms with Crippen LogP contribution in [-0.2, 0) is 6.54 Å². The van der Waals surface area contributed by atoms with Gasteiger partial charge in [0.2, 0.25) is 0 Å². The van der Waals surface area contributed by atoms with Gasteiger partial charge in [-0.3, -0.25) is 15.6 Å². The van der Waals surface area contributed by atoms with Crippen molar-refractivity contribution in [3.05, 3.63) is 53.2 Å². The Bertz CT molecular complexity index is 734. The van der Waals surface area contributed by atoms with Crippen LogP contribution in [0.1, 0.15) is 46.9 Å². The summed E-state index contributed by atoms with van der Waals surface area (Å²) in [6.07, 6.45) is 3.47. The Morgan fingerprint density at radius 3 is 2.58 bits per heavy atom. The molecule has 4 rings (SSSR count). The Morgan fingerprint density at radius 2 is 1.92 bits per heavy atom. The lowest BCUT2D eigenvalue weighted by Gasteiger charge is -2.15. The number of hydrogen-bond acceptors (Lipinski definition) is 6. The van der Waals surface area contributed by atoms with E-state index >= 15 is 0 Å². The van der Waals surface area contributed by atoms with E-state index in [0.29, 0.717) is 18.3 Å². The molecule has 1 unspecified atom stereocenters. The number of hydrazine groups is 1. The number of carbonyl (C=O) groups excluding carboxylic acids is 1. The van der Waals surface area contributed by atoms with E-state index in [9.17, 15) is 4.79 Å². The normalized spacial score (nSPS) is 19.7. The number of carbonyl (C=O) groups is 1. The van der Waals surface area contributed by atoms with E-state index in [4.69, 9.17) is 0 Å². The van der Waals surface area contributed by atoms with Crippen LogP contribution in [0.25, 0.3) is 0 Å². The van der Waals surface area contributed by atoms with Gasteiger partial charge in [-0.05, 0) is 42.5 Å². The van der Waals surface area contributed by atoms with E-state index in [2.05, 4.69) is 55.5 Å². The second-order valence-corrected chi connectivity index (χ2v) is 6.81. The second-order valence-electron chi connectivity index (χ2n) is 6.81. The van der Waals surface area contributed by atoms with Crippen molar-refractivity contribution < 1.29 is 4.79 Å². The molecule has 7 heteroatoms. The molecule has 0 radical (unpaired) electrons. The van der Waals surface area contributed by atoms with Gasteiger partial charge in [0.25, 0.3) is 5.91 Å². The average Bonchev–Trinajstić information content (AvgIpc) is 3.40. The third kappa shape index (κ3) is 3.84. The number of amides is 1.